The molecule has 1 aromatic heterocycles. The van der Waals surface area contributed by atoms with Gasteiger partial charge in [0.15, 0.2) is 11.6 Å². The summed E-state index contributed by atoms with van der Waals surface area (Å²) in [5.74, 6) is -2.59. The molecule has 8 nitrogen and oxygen atoms in total. The van der Waals surface area contributed by atoms with Gasteiger partial charge in [-0.2, -0.15) is 0 Å². The van der Waals surface area contributed by atoms with E-state index in [1.54, 1.807) is 23.4 Å². The average Bonchev–Trinajstić information content (AvgIpc) is 3.33. The first-order valence-electron chi connectivity index (χ1n) is 11.0. The SMILES string of the molecule is CN(Cc1cn([C@@H](CC(=O)NO)Cc2ccc3ccccc3c2)nn1)C(O)c1ccc(F)c(F)c1. The second-order valence-electron chi connectivity index (χ2n) is 8.43. The van der Waals surface area contributed by atoms with E-state index in [1.165, 1.54) is 11.0 Å². The minimum atomic E-state index is -1.19. The highest BCUT2D eigenvalue weighted by Gasteiger charge is 2.21. The zero-order valence-electron chi connectivity index (χ0n) is 19.0. The van der Waals surface area contributed by atoms with Crippen molar-refractivity contribution in [3.8, 4) is 0 Å². The minimum absolute atomic E-state index is 0.0283. The van der Waals surface area contributed by atoms with Crippen LogP contribution in [0.3, 0.4) is 0 Å². The molecule has 0 aliphatic rings. The average molecular weight is 482 g/mol. The van der Waals surface area contributed by atoms with Gasteiger partial charge < -0.3 is 5.11 Å². The number of hydrogen-bond acceptors (Lipinski definition) is 6. The first-order chi connectivity index (χ1) is 16.8. The van der Waals surface area contributed by atoms with Crippen molar-refractivity contribution in [2.75, 3.05) is 7.05 Å². The van der Waals surface area contributed by atoms with E-state index < -0.39 is 29.8 Å². The van der Waals surface area contributed by atoms with Gasteiger partial charge in [-0.3, -0.25) is 14.9 Å². The maximum atomic E-state index is 13.5. The van der Waals surface area contributed by atoms with Gasteiger partial charge in [-0.05, 0) is 47.5 Å². The van der Waals surface area contributed by atoms with Crippen molar-refractivity contribution >= 4 is 16.7 Å². The number of benzene rings is 3. The molecule has 1 unspecified atom stereocenters. The fourth-order valence-electron chi connectivity index (χ4n) is 3.99. The summed E-state index contributed by atoms with van der Waals surface area (Å²) in [5.41, 5.74) is 3.35. The highest BCUT2D eigenvalue weighted by molar-refractivity contribution is 5.83. The van der Waals surface area contributed by atoms with Crippen LogP contribution < -0.4 is 5.48 Å². The summed E-state index contributed by atoms with van der Waals surface area (Å²) in [6.07, 6.45) is 0.905. The van der Waals surface area contributed by atoms with Crippen molar-refractivity contribution in [2.24, 2.45) is 0 Å². The molecule has 0 bridgehead atoms. The van der Waals surface area contributed by atoms with Gasteiger partial charge in [-0.1, -0.05) is 53.7 Å². The van der Waals surface area contributed by atoms with Crippen molar-refractivity contribution in [3.05, 3.63) is 95.3 Å². The number of aliphatic hydroxyl groups excluding tert-OH is 1. The summed E-state index contributed by atoms with van der Waals surface area (Å²) in [6, 6.07) is 16.8. The van der Waals surface area contributed by atoms with E-state index in [-0.39, 0.29) is 18.5 Å². The molecule has 1 amide bonds. The first kappa shape index (κ1) is 24.4. The normalized spacial score (nSPS) is 13.2. The predicted molar refractivity (Wildman–Crippen MR) is 124 cm³/mol. The first-order valence-corrected chi connectivity index (χ1v) is 11.0. The number of fused-ring (bicyclic) bond motifs is 1. The molecule has 2 atom stereocenters. The summed E-state index contributed by atoms with van der Waals surface area (Å²) in [6.45, 7) is 0.162. The van der Waals surface area contributed by atoms with Crippen LogP contribution in [-0.2, 0) is 17.8 Å². The van der Waals surface area contributed by atoms with Crippen LogP contribution in [0, 0.1) is 11.6 Å². The lowest BCUT2D eigenvalue weighted by molar-refractivity contribution is -0.130. The van der Waals surface area contributed by atoms with Gasteiger partial charge in [-0.25, -0.2) is 18.9 Å². The van der Waals surface area contributed by atoms with Gasteiger partial charge in [0.1, 0.15) is 6.23 Å². The van der Waals surface area contributed by atoms with Crippen molar-refractivity contribution in [3.63, 3.8) is 0 Å². The molecule has 35 heavy (non-hydrogen) atoms. The summed E-state index contributed by atoms with van der Waals surface area (Å²) in [7, 11) is 1.61. The molecule has 4 rings (SSSR count). The zero-order valence-corrected chi connectivity index (χ0v) is 19.0. The molecule has 4 aromatic rings. The number of amides is 1. The number of carbonyl (C=O) groups excluding carboxylic acids is 1. The Morgan fingerprint density at radius 2 is 1.86 bits per heavy atom. The Kier molecular flexibility index (Phi) is 7.45. The number of halogens is 2. The highest BCUT2D eigenvalue weighted by Crippen LogP contribution is 2.23. The third-order valence-corrected chi connectivity index (χ3v) is 5.83. The third-order valence-electron chi connectivity index (χ3n) is 5.83. The summed E-state index contributed by atoms with van der Waals surface area (Å²) in [4.78, 5) is 13.5. The number of nitrogens with one attached hydrogen (secondary N) is 1. The quantitative estimate of drug-likeness (QED) is 0.192. The fourth-order valence-corrected chi connectivity index (χ4v) is 3.99. The van der Waals surface area contributed by atoms with Crippen molar-refractivity contribution < 1.29 is 23.9 Å². The molecule has 1 heterocycles. The molecule has 0 spiro atoms. The number of hydroxylamine groups is 1. The standard InChI is InChI=1S/C25H25F2N5O3/c1-31(25(34)19-8-9-22(26)23(27)12-19)14-20-15-32(30-28-20)21(13-24(33)29-35)11-16-6-7-17-4-2-3-5-18(17)10-16/h2-10,12,15,21,25,34-35H,11,13-14H2,1H3,(H,29,33)/t21-,25?/m1/s1. The lowest BCUT2D eigenvalue weighted by Crippen LogP contribution is -2.25. The van der Waals surface area contributed by atoms with Crippen LogP contribution in [0.1, 0.15) is 35.5 Å². The van der Waals surface area contributed by atoms with Gasteiger partial charge >= 0.3 is 0 Å². The maximum Gasteiger partial charge on any atom is 0.245 e. The van der Waals surface area contributed by atoms with E-state index in [4.69, 9.17) is 5.21 Å². The maximum absolute atomic E-state index is 13.5. The van der Waals surface area contributed by atoms with Gasteiger partial charge in [-0.15, -0.1) is 5.10 Å². The minimum Gasteiger partial charge on any atom is -0.374 e. The van der Waals surface area contributed by atoms with Gasteiger partial charge in [0, 0.05) is 6.54 Å². The van der Waals surface area contributed by atoms with Crippen LogP contribution in [0.15, 0.2) is 66.9 Å². The Hall–Kier alpha value is -3.73. The van der Waals surface area contributed by atoms with E-state index in [9.17, 15) is 18.7 Å². The number of rotatable bonds is 9. The van der Waals surface area contributed by atoms with Crippen LogP contribution >= 0.6 is 0 Å². The number of carbonyl (C=O) groups is 1. The lowest BCUT2D eigenvalue weighted by Gasteiger charge is -2.22. The summed E-state index contributed by atoms with van der Waals surface area (Å²) >= 11 is 0. The Bertz CT molecular complexity index is 1330. The Balaban J connectivity index is 1.50. The van der Waals surface area contributed by atoms with Gasteiger partial charge in [0.2, 0.25) is 5.91 Å². The topological polar surface area (TPSA) is 104 Å². The van der Waals surface area contributed by atoms with E-state index in [2.05, 4.69) is 10.3 Å². The molecule has 182 valence electrons. The van der Waals surface area contributed by atoms with E-state index in [0.717, 1.165) is 28.5 Å². The molecule has 0 aliphatic carbocycles. The smallest absolute Gasteiger partial charge is 0.245 e. The Morgan fingerprint density at radius 3 is 2.60 bits per heavy atom. The van der Waals surface area contributed by atoms with Gasteiger partial charge in [0.25, 0.3) is 0 Å². The molecule has 0 aliphatic heterocycles. The van der Waals surface area contributed by atoms with Gasteiger partial charge in [0.05, 0.1) is 24.4 Å². The Labute approximate surface area is 200 Å². The number of hydrogen-bond donors (Lipinski definition) is 3. The third kappa shape index (κ3) is 5.86. The second kappa shape index (κ2) is 10.7. The van der Waals surface area contributed by atoms with Crippen LogP contribution in [0.25, 0.3) is 10.8 Å². The van der Waals surface area contributed by atoms with Crippen LogP contribution in [0.4, 0.5) is 8.78 Å². The molecular weight excluding hydrogens is 456 g/mol. The molecule has 3 aromatic carbocycles. The summed E-state index contributed by atoms with van der Waals surface area (Å²) < 4.78 is 28.3. The van der Waals surface area contributed by atoms with Crippen molar-refractivity contribution in [1.29, 1.82) is 0 Å². The molecule has 3 N–H and O–H groups in total. The highest BCUT2D eigenvalue weighted by atomic mass is 19.2. The van der Waals surface area contributed by atoms with Crippen molar-refractivity contribution in [1.82, 2.24) is 25.4 Å². The molecule has 0 saturated carbocycles. The monoisotopic (exact) mass is 481 g/mol. The fraction of sp³-hybridized carbons (Fsp3) is 0.240. The molecule has 10 heteroatoms. The van der Waals surface area contributed by atoms with Crippen molar-refractivity contribution in [2.45, 2.75) is 31.7 Å². The predicted octanol–water partition coefficient (Wildman–Crippen LogP) is 3.51. The number of nitrogens with zero attached hydrogens (tertiary/aromatic N) is 4. The summed E-state index contributed by atoms with van der Waals surface area (Å²) in [5, 5.41) is 30.0. The van der Waals surface area contributed by atoms with Crippen LogP contribution in [0.2, 0.25) is 0 Å². The molecule has 0 radical (unpaired) electrons. The zero-order chi connectivity index (χ0) is 24.9. The number of aliphatic hydroxyl groups is 1. The Morgan fingerprint density at radius 1 is 1.09 bits per heavy atom. The van der Waals surface area contributed by atoms with Crippen LogP contribution in [-0.4, -0.2) is 43.2 Å². The largest absolute Gasteiger partial charge is 0.374 e. The van der Waals surface area contributed by atoms with E-state index in [1.807, 2.05) is 42.5 Å². The second-order valence-corrected chi connectivity index (χ2v) is 8.43. The molecule has 0 fully saturated rings. The van der Waals surface area contributed by atoms with E-state index >= 15 is 0 Å². The molecule has 0 saturated heterocycles. The molecular formula is C25H25F2N5O3. The lowest BCUT2D eigenvalue weighted by atomic mass is 10.00. The van der Waals surface area contributed by atoms with Crippen LogP contribution in [0.5, 0.6) is 0 Å². The van der Waals surface area contributed by atoms with E-state index in [0.29, 0.717) is 12.1 Å². The number of aromatic nitrogens is 3.